The van der Waals surface area contributed by atoms with E-state index in [9.17, 15) is 24.3 Å². The summed E-state index contributed by atoms with van der Waals surface area (Å²) in [4.78, 5) is 52.6. The summed E-state index contributed by atoms with van der Waals surface area (Å²) in [5.74, 6) is -1.89. The quantitative estimate of drug-likeness (QED) is 0.514. The lowest BCUT2D eigenvalue weighted by atomic mass is 10.0. The van der Waals surface area contributed by atoms with Crippen molar-refractivity contribution >= 4 is 46.9 Å². The SMILES string of the molecule is CNC(=O)N(Cc1ccccc1)C1=C(C(=O)O)N2C(=O)C(NC(=O)Cc3ccsc3)[C@@H]2SC1. The van der Waals surface area contributed by atoms with Crippen LogP contribution in [0.5, 0.6) is 0 Å². The first-order valence-electron chi connectivity index (χ1n) is 10.2. The highest BCUT2D eigenvalue weighted by molar-refractivity contribution is 8.00. The summed E-state index contributed by atoms with van der Waals surface area (Å²) in [5, 5.41) is 18.4. The van der Waals surface area contributed by atoms with E-state index in [1.165, 1.54) is 39.9 Å². The first-order chi connectivity index (χ1) is 15.9. The van der Waals surface area contributed by atoms with Crippen molar-refractivity contribution in [1.82, 2.24) is 20.4 Å². The van der Waals surface area contributed by atoms with Crippen LogP contribution in [0.2, 0.25) is 0 Å². The summed E-state index contributed by atoms with van der Waals surface area (Å²) >= 11 is 2.80. The number of amides is 4. The van der Waals surface area contributed by atoms with Gasteiger partial charge in [-0.05, 0) is 28.0 Å². The molecule has 0 bridgehead atoms. The van der Waals surface area contributed by atoms with Crippen molar-refractivity contribution in [3.8, 4) is 0 Å². The summed E-state index contributed by atoms with van der Waals surface area (Å²) in [5.41, 5.74) is 1.68. The molecule has 0 aliphatic carbocycles. The number of hydrogen-bond donors (Lipinski definition) is 3. The fourth-order valence-corrected chi connectivity index (χ4v) is 5.83. The number of benzene rings is 1. The van der Waals surface area contributed by atoms with E-state index in [2.05, 4.69) is 10.6 Å². The fraction of sp³-hybridized carbons (Fsp3) is 0.273. The van der Waals surface area contributed by atoms with Crippen LogP contribution in [0.1, 0.15) is 11.1 Å². The smallest absolute Gasteiger partial charge is 0.354 e. The van der Waals surface area contributed by atoms with Gasteiger partial charge in [0.1, 0.15) is 11.4 Å². The number of carbonyl (C=O) groups is 4. The van der Waals surface area contributed by atoms with E-state index in [4.69, 9.17) is 0 Å². The van der Waals surface area contributed by atoms with Gasteiger partial charge in [-0.2, -0.15) is 11.3 Å². The van der Waals surface area contributed by atoms with Crippen molar-refractivity contribution in [2.24, 2.45) is 0 Å². The van der Waals surface area contributed by atoms with Gasteiger partial charge in [-0.3, -0.25) is 19.4 Å². The van der Waals surface area contributed by atoms with Gasteiger partial charge in [-0.15, -0.1) is 11.8 Å². The van der Waals surface area contributed by atoms with Gasteiger partial charge in [-0.1, -0.05) is 30.3 Å². The number of nitrogens with zero attached hydrogens (tertiary/aromatic N) is 2. The van der Waals surface area contributed by atoms with E-state index < -0.39 is 29.3 Å². The minimum atomic E-state index is -1.30. The summed E-state index contributed by atoms with van der Waals surface area (Å²) < 4.78 is 0. The number of thioether (sulfide) groups is 1. The number of carboxylic acids is 1. The molecule has 4 amide bonds. The highest BCUT2D eigenvalue weighted by atomic mass is 32.2. The molecule has 2 aliphatic heterocycles. The number of urea groups is 1. The maximum atomic E-state index is 12.9. The lowest BCUT2D eigenvalue weighted by molar-refractivity contribution is -0.150. The molecule has 0 radical (unpaired) electrons. The van der Waals surface area contributed by atoms with Gasteiger partial charge in [0.2, 0.25) is 5.91 Å². The molecule has 4 rings (SSSR count). The Morgan fingerprint density at radius 2 is 1.94 bits per heavy atom. The summed E-state index contributed by atoms with van der Waals surface area (Å²) in [7, 11) is 1.47. The highest BCUT2D eigenvalue weighted by Crippen LogP contribution is 2.41. The van der Waals surface area contributed by atoms with Crippen molar-refractivity contribution in [3.63, 3.8) is 0 Å². The third kappa shape index (κ3) is 4.60. The zero-order valence-electron chi connectivity index (χ0n) is 17.7. The van der Waals surface area contributed by atoms with Gasteiger partial charge in [0.05, 0.1) is 18.7 Å². The van der Waals surface area contributed by atoms with Crippen LogP contribution in [0, 0.1) is 0 Å². The first-order valence-corrected chi connectivity index (χ1v) is 12.1. The largest absolute Gasteiger partial charge is 0.477 e. The minimum Gasteiger partial charge on any atom is -0.477 e. The molecule has 3 heterocycles. The van der Waals surface area contributed by atoms with Crippen LogP contribution in [0.15, 0.2) is 58.6 Å². The number of fused-ring (bicyclic) bond motifs is 1. The molecule has 0 spiro atoms. The van der Waals surface area contributed by atoms with Crippen molar-refractivity contribution in [1.29, 1.82) is 0 Å². The van der Waals surface area contributed by atoms with Gasteiger partial charge in [-0.25, -0.2) is 9.59 Å². The predicted octanol–water partition coefficient (Wildman–Crippen LogP) is 1.83. The number of hydrogen-bond acceptors (Lipinski definition) is 6. The molecule has 2 aromatic rings. The zero-order chi connectivity index (χ0) is 23.5. The minimum absolute atomic E-state index is 0.152. The second-order valence-electron chi connectivity index (χ2n) is 7.49. The van der Waals surface area contributed by atoms with Crippen LogP contribution in [-0.4, -0.2) is 62.9 Å². The van der Waals surface area contributed by atoms with E-state index >= 15 is 0 Å². The van der Waals surface area contributed by atoms with Crippen LogP contribution < -0.4 is 10.6 Å². The predicted molar refractivity (Wildman–Crippen MR) is 124 cm³/mol. The molecule has 11 heteroatoms. The maximum Gasteiger partial charge on any atom is 0.354 e. The van der Waals surface area contributed by atoms with Crippen LogP contribution >= 0.6 is 23.1 Å². The topological polar surface area (TPSA) is 119 Å². The molecule has 2 aliphatic rings. The lowest BCUT2D eigenvalue weighted by Gasteiger charge is -2.50. The van der Waals surface area contributed by atoms with Crippen LogP contribution in [0.4, 0.5) is 4.79 Å². The van der Waals surface area contributed by atoms with E-state index in [1.807, 2.05) is 47.2 Å². The molecule has 33 heavy (non-hydrogen) atoms. The van der Waals surface area contributed by atoms with Crippen molar-refractivity contribution in [3.05, 3.63) is 69.7 Å². The Morgan fingerprint density at radius 1 is 1.18 bits per heavy atom. The fourth-order valence-electron chi connectivity index (χ4n) is 3.80. The molecule has 1 aromatic carbocycles. The molecule has 1 fully saturated rings. The Bertz CT molecular complexity index is 1100. The second kappa shape index (κ2) is 9.67. The maximum absolute atomic E-state index is 12.9. The van der Waals surface area contributed by atoms with Gasteiger partial charge >= 0.3 is 12.0 Å². The Hall–Kier alpha value is -3.31. The van der Waals surface area contributed by atoms with Crippen LogP contribution in [-0.2, 0) is 27.3 Å². The van der Waals surface area contributed by atoms with E-state index in [1.54, 1.807) is 0 Å². The molecule has 1 unspecified atom stereocenters. The third-order valence-electron chi connectivity index (χ3n) is 5.38. The van der Waals surface area contributed by atoms with E-state index in [-0.39, 0.29) is 36.0 Å². The number of nitrogens with one attached hydrogen (secondary N) is 2. The Labute approximate surface area is 198 Å². The molecule has 0 saturated carbocycles. The highest BCUT2D eigenvalue weighted by Gasteiger charge is 2.55. The lowest BCUT2D eigenvalue weighted by Crippen LogP contribution is -2.71. The summed E-state index contributed by atoms with van der Waals surface area (Å²) in [6.07, 6.45) is 0.152. The number of aliphatic carboxylic acids is 1. The zero-order valence-corrected chi connectivity index (χ0v) is 19.3. The summed E-state index contributed by atoms with van der Waals surface area (Å²) in [6.45, 7) is 0.153. The van der Waals surface area contributed by atoms with Gasteiger partial charge < -0.3 is 15.7 Å². The number of thiophene rings is 1. The first kappa shape index (κ1) is 22.9. The number of rotatable bonds is 7. The van der Waals surface area contributed by atoms with E-state index in [0.717, 1.165) is 11.1 Å². The standard InChI is InChI=1S/C22H22N4O5S2/c1-23-22(31)25(10-13-5-3-2-4-6-13)15-12-33-20-17(19(28)26(20)18(15)21(29)30)24-16(27)9-14-7-8-32-11-14/h2-8,11,17,20H,9-10,12H2,1H3,(H,23,31)(H,24,27)(H,29,30)/t17?,20-/m0/s1. The average molecular weight is 487 g/mol. The molecule has 172 valence electrons. The van der Waals surface area contributed by atoms with E-state index in [0.29, 0.717) is 0 Å². The van der Waals surface area contributed by atoms with Crippen LogP contribution in [0.25, 0.3) is 0 Å². The molecular formula is C22H22N4O5S2. The van der Waals surface area contributed by atoms with Crippen molar-refractivity contribution < 1.29 is 24.3 Å². The van der Waals surface area contributed by atoms with Gasteiger partial charge in [0.15, 0.2) is 5.70 Å². The molecule has 9 nitrogen and oxygen atoms in total. The number of β-lactam (4-membered cyclic amide) rings is 1. The third-order valence-corrected chi connectivity index (χ3v) is 7.38. The van der Waals surface area contributed by atoms with Crippen molar-refractivity contribution in [2.75, 3.05) is 12.8 Å². The molecular weight excluding hydrogens is 464 g/mol. The molecule has 1 aromatic heterocycles. The average Bonchev–Trinajstić information content (AvgIpc) is 3.33. The monoisotopic (exact) mass is 486 g/mol. The number of carbonyl (C=O) groups excluding carboxylic acids is 3. The van der Waals surface area contributed by atoms with Crippen molar-refractivity contribution in [2.45, 2.75) is 24.4 Å². The van der Waals surface area contributed by atoms with Gasteiger partial charge in [0.25, 0.3) is 5.91 Å². The van der Waals surface area contributed by atoms with Crippen LogP contribution in [0.3, 0.4) is 0 Å². The van der Waals surface area contributed by atoms with Gasteiger partial charge in [0, 0.05) is 12.8 Å². The Morgan fingerprint density at radius 3 is 2.58 bits per heavy atom. The Kier molecular flexibility index (Phi) is 6.70. The molecule has 1 saturated heterocycles. The molecule has 3 N–H and O–H groups in total. The second-order valence-corrected chi connectivity index (χ2v) is 9.38. The normalized spacial score (nSPS) is 19.4. The Balaban J connectivity index is 1.57. The number of carboxylic acid groups (broad SMARTS) is 1. The molecule has 2 atom stereocenters. The summed E-state index contributed by atoms with van der Waals surface area (Å²) in [6, 6.07) is 9.75.